The van der Waals surface area contributed by atoms with E-state index in [2.05, 4.69) is 10.6 Å². The van der Waals surface area contributed by atoms with Gasteiger partial charge in [0.25, 0.3) is 0 Å². The highest BCUT2D eigenvalue weighted by Gasteiger charge is 2.49. The van der Waals surface area contributed by atoms with Crippen molar-refractivity contribution in [3.05, 3.63) is 47.0 Å². The molecule has 1 saturated heterocycles. The predicted octanol–water partition coefficient (Wildman–Crippen LogP) is 3.89. The Kier molecular flexibility index (Phi) is 5.18. The molecule has 1 aliphatic heterocycles. The molecular formula is C20H22ClN3O4S. The minimum Gasteiger partial charge on any atom is -0.504 e. The van der Waals surface area contributed by atoms with Gasteiger partial charge in [0.15, 0.2) is 5.75 Å². The van der Waals surface area contributed by atoms with Gasteiger partial charge >= 0.3 is 6.03 Å². The van der Waals surface area contributed by atoms with Gasteiger partial charge in [-0.3, -0.25) is 0 Å². The zero-order chi connectivity index (χ0) is 20.8. The Morgan fingerprint density at radius 2 is 1.79 bits per heavy atom. The summed E-state index contributed by atoms with van der Waals surface area (Å²) in [5.74, 6) is 0.241. The maximum atomic E-state index is 13.0. The molecule has 29 heavy (non-hydrogen) atoms. The number of nitrogens with one attached hydrogen (secondary N) is 2. The number of phenolic OH excluding ortho intramolecular Hbond substituents is 1. The number of carbonyl (C=O) groups excluding carboxylic acids is 1. The summed E-state index contributed by atoms with van der Waals surface area (Å²) in [6.45, 7) is 2.85. The first-order valence-electron chi connectivity index (χ1n) is 9.48. The van der Waals surface area contributed by atoms with Gasteiger partial charge in [-0.25, -0.2) is 13.2 Å². The molecule has 2 unspecified atom stereocenters. The highest BCUT2D eigenvalue weighted by Crippen LogP contribution is 2.48. The highest BCUT2D eigenvalue weighted by molar-refractivity contribution is 7.89. The van der Waals surface area contributed by atoms with E-state index in [1.807, 2.05) is 19.1 Å². The standard InChI is InChI=1S/C20H22ClN3O4S/c1-2-12-5-3-4-6-16(12)22-20(26)23-17-8-7-15(21)19(18(17)25)29(27,28)24-10-13-9-14(13)11-24/h3-8,13-14,25H,2,9-11H2,1H3,(H2,22,23,26). The Bertz CT molecular complexity index is 1060. The van der Waals surface area contributed by atoms with Crippen LogP contribution in [0.4, 0.5) is 16.2 Å². The van der Waals surface area contributed by atoms with Crippen LogP contribution in [0.15, 0.2) is 41.3 Å². The second-order valence-corrected chi connectivity index (χ2v) is 9.72. The monoisotopic (exact) mass is 435 g/mol. The predicted molar refractivity (Wildman–Crippen MR) is 112 cm³/mol. The zero-order valence-electron chi connectivity index (χ0n) is 15.9. The van der Waals surface area contributed by atoms with E-state index in [0.717, 1.165) is 18.4 Å². The van der Waals surface area contributed by atoms with E-state index in [1.54, 1.807) is 12.1 Å². The smallest absolute Gasteiger partial charge is 0.323 e. The molecule has 0 spiro atoms. The number of piperidine rings is 1. The molecule has 9 heteroatoms. The van der Waals surface area contributed by atoms with Crippen molar-refractivity contribution in [1.82, 2.24) is 4.31 Å². The minimum absolute atomic E-state index is 0.0242. The fourth-order valence-corrected chi connectivity index (χ4v) is 5.95. The van der Waals surface area contributed by atoms with Crippen molar-refractivity contribution in [1.29, 1.82) is 0 Å². The Balaban J connectivity index is 1.57. The number of phenols is 1. The summed E-state index contributed by atoms with van der Waals surface area (Å²) in [6, 6.07) is 9.51. The minimum atomic E-state index is -3.95. The van der Waals surface area contributed by atoms with Crippen molar-refractivity contribution < 1.29 is 18.3 Å². The van der Waals surface area contributed by atoms with E-state index in [-0.39, 0.29) is 15.6 Å². The van der Waals surface area contributed by atoms with E-state index in [9.17, 15) is 18.3 Å². The first-order valence-corrected chi connectivity index (χ1v) is 11.3. The van der Waals surface area contributed by atoms with Crippen LogP contribution in [0, 0.1) is 11.8 Å². The van der Waals surface area contributed by atoms with Gasteiger partial charge < -0.3 is 15.7 Å². The molecule has 1 saturated carbocycles. The number of nitrogens with zero attached hydrogens (tertiary/aromatic N) is 1. The first-order chi connectivity index (χ1) is 13.8. The molecule has 2 amide bonds. The van der Waals surface area contributed by atoms with Gasteiger partial charge in [0.05, 0.1) is 10.7 Å². The molecule has 0 bridgehead atoms. The van der Waals surface area contributed by atoms with Crippen molar-refractivity contribution in [2.75, 3.05) is 23.7 Å². The van der Waals surface area contributed by atoms with Crippen molar-refractivity contribution in [3.8, 4) is 5.75 Å². The van der Waals surface area contributed by atoms with Crippen molar-refractivity contribution in [3.63, 3.8) is 0 Å². The molecule has 0 aromatic heterocycles. The average Bonchev–Trinajstić information content (AvgIpc) is 3.29. The molecule has 3 N–H and O–H groups in total. The lowest BCUT2D eigenvalue weighted by Crippen LogP contribution is -2.31. The zero-order valence-corrected chi connectivity index (χ0v) is 17.4. The van der Waals surface area contributed by atoms with Gasteiger partial charge in [-0.2, -0.15) is 4.31 Å². The number of aryl methyl sites for hydroxylation is 1. The van der Waals surface area contributed by atoms with Gasteiger partial charge in [-0.1, -0.05) is 36.7 Å². The molecule has 4 rings (SSSR count). The summed E-state index contributed by atoms with van der Waals surface area (Å²) >= 11 is 6.12. The number of hydrogen-bond donors (Lipinski definition) is 3. The lowest BCUT2D eigenvalue weighted by atomic mass is 10.1. The third-order valence-electron chi connectivity index (χ3n) is 5.52. The topological polar surface area (TPSA) is 98.7 Å². The second kappa shape index (κ2) is 7.51. The van der Waals surface area contributed by atoms with E-state index in [0.29, 0.717) is 30.6 Å². The lowest BCUT2D eigenvalue weighted by Gasteiger charge is -2.20. The fraction of sp³-hybridized carbons (Fsp3) is 0.350. The van der Waals surface area contributed by atoms with Crippen LogP contribution >= 0.6 is 11.6 Å². The van der Waals surface area contributed by atoms with Gasteiger partial charge in [-0.05, 0) is 48.4 Å². The number of para-hydroxylation sites is 1. The number of urea groups is 1. The number of carbonyl (C=O) groups is 1. The number of benzene rings is 2. The number of rotatable bonds is 5. The summed E-state index contributed by atoms with van der Waals surface area (Å²) < 4.78 is 27.4. The largest absolute Gasteiger partial charge is 0.504 e. The molecule has 154 valence electrons. The summed E-state index contributed by atoms with van der Waals surface area (Å²) in [6.07, 6.45) is 1.79. The van der Waals surface area contributed by atoms with Crippen LogP contribution in [0.2, 0.25) is 5.02 Å². The van der Waals surface area contributed by atoms with Gasteiger partial charge in [0, 0.05) is 18.8 Å². The normalized spacial score (nSPS) is 20.9. The molecule has 1 aliphatic carbocycles. The maximum absolute atomic E-state index is 13.0. The molecular weight excluding hydrogens is 414 g/mol. The Morgan fingerprint density at radius 1 is 1.14 bits per heavy atom. The van der Waals surface area contributed by atoms with Crippen LogP contribution in [-0.4, -0.2) is 37.0 Å². The molecule has 2 aromatic rings. The van der Waals surface area contributed by atoms with Gasteiger partial charge in [0.2, 0.25) is 10.0 Å². The third kappa shape index (κ3) is 3.80. The second-order valence-electron chi connectivity index (χ2n) is 7.44. The maximum Gasteiger partial charge on any atom is 0.323 e. The molecule has 2 aromatic carbocycles. The molecule has 1 heterocycles. The summed E-state index contributed by atoms with van der Waals surface area (Å²) in [5.41, 5.74) is 1.58. The Hall–Kier alpha value is -2.29. The SMILES string of the molecule is CCc1ccccc1NC(=O)Nc1ccc(Cl)c(S(=O)(=O)N2CC3CC3C2)c1O. The number of hydrogen-bond acceptors (Lipinski definition) is 4. The van der Waals surface area contributed by atoms with Crippen LogP contribution < -0.4 is 10.6 Å². The van der Waals surface area contributed by atoms with Crippen molar-refractivity contribution in [2.24, 2.45) is 11.8 Å². The molecule has 2 fully saturated rings. The van der Waals surface area contributed by atoms with Gasteiger partial charge in [0.1, 0.15) is 4.90 Å². The quantitative estimate of drug-likeness (QED) is 0.620. The third-order valence-corrected chi connectivity index (χ3v) is 7.86. The van der Waals surface area contributed by atoms with Crippen LogP contribution in [0.5, 0.6) is 5.75 Å². The fourth-order valence-electron chi connectivity index (χ4n) is 3.80. The number of aromatic hydroxyl groups is 1. The van der Waals surface area contributed by atoms with Crippen LogP contribution in [-0.2, 0) is 16.4 Å². The average molecular weight is 436 g/mol. The lowest BCUT2D eigenvalue weighted by molar-refractivity contribution is 0.262. The van der Waals surface area contributed by atoms with Crippen LogP contribution in [0.25, 0.3) is 0 Å². The summed E-state index contributed by atoms with van der Waals surface area (Å²) in [7, 11) is -3.95. The first kappa shape index (κ1) is 20.0. The van der Waals surface area contributed by atoms with Crippen molar-refractivity contribution in [2.45, 2.75) is 24.7 Å². The Labute approximate surface area is 174 Å². The number of sulfonamides is 1. The number of fused-ring (bicyclic) bond motifs is 1. The Morgan fingerprint density at radius 3 is 2.48 bits per heavy atom. The number of anilines is 2. The van der Waals surface area contributed by atoms with E-state index >= 15 is 0 Å². The summed E-state index contributed by atoms with van der Waals surface area (Å²) in [5, 5.41) is 15.8. The van der Waals surface area contributed by atoms with Crippen LogP contribution in [0.1, 0.15) is 18.9 Å². The highest BCUT2D eigenvalue weighted by atomic mass is 35.5. The van der Waals surface area contributed by atoms with E-state index < -0.39 is 21.8 Å². The molecule has 7 nitrogen and oxygen atoms in total. The van der Waals surface area contributed by atoms with Crippen LogP contribution in [0.3, 0.4) is 0 Å². The van der Waals surface area contributed by atoms with Crippen molar-refractivity contribution >= 4 is 39.0 Å². The molecule has 2 atom stereocenters. The molecule has 2 aliphatic rings. The number of halogens is 1. The van der Waals surface area contributed by atoms with E-state index in [4.69, 9.17) is 11.6 Å². The molecule has 0 radical (unpaired) electrons. The number of amides is 2. The van der Waals surface area contributed by atoms with E-state index in [1.165, 1.54) is 16.4 Å². The summed E-state index contributed by atoms with van der Waals surface area (Å²) in [4.78, 5) is 12.1. The van der Waals surface area contributed by atoms with Gasteiger partial charge in [-0.15, -0.1) is 0 Å².